The minimum absolute atomic E-state index is 0.188. The summed E-state index contributed by atoms with van der Waals surface area (Å²) in [6.07, 6.45) is 0. The van der Waals surface area contributed by atoms with E-state index in [1.165, 1.54) is 12.1 Å². The van der Waals surface area contributed by atoms with Gasteiger partial charge < -0.3 is 5.73 Å². The van der Waals surface area contributed by atoms with Crippen molar-refractivity contribution in [3.05, 3.63) is 59.1 Å². The van der Waals surface area contributed by atoms with Crippen LogP contribution in [0, 0.1) is 0 Å². The Morgan fingerprint density at radius 3 is 2.15 bits per heavy atom. The minimum Gasteiger partial charge on any atom is -0.399 e. The highest BCUT2D eigenvalue weighted by Crippen LogP contribution is 2.19. The number of benzene rings is 2. The third-order valence-corrected chi connectivity index (χ3v) is 4.70. The first kappa shape index (κ1) is 14.8. The summed E-state index contributed by atoms with van der Waals surface area (Å²) in [5.41, 5.74) is 6.91. The van der Waals surface area contributed by atoms with Crippen molar-refractivity contribution in [1.82, 2.24) is 4.72 Å². The second-order valence-corrected chi connectivity index (χ2v) is 6.61. The van der Waals surface area contributed by atoms with E-state index in [1.807, 2.05) is 0 Å². The molecule has 0 saturated carbocycles. The van der Waals surface area contributed by atoms with E-state index in [-0.39, 0.29) is 10.9 Å². The summed E-state index contributed by atoms with van der Waals surface area (Å²) < 4.78 is 27.0. The van der Waals surface area contributed by atoms with Crippen LogP contribution < -0.4 is 10.5 Å². The molecule has 0 fully saturated rings. The molecule has 0 amide bonds. The number of anilines is 1. The highest BCUT2D eigenvalue weighted by atomic mass is 35.5. The zero-order valence-corrected chi connectivity index (χ0v) is 12.4. The minimum atomic E-state index is -3.57. The molecule has 4 nitrogen and oxygen atoms in total. The van der Waals surface area contributed by atoms with E-state index < -0.39 is 10.0 Å². The Morgan fingerprint density at radius 1 is 1.05 bits per heavy atom. The van der Waals surface area contributed by atoms with Crippen LogP contribution in [0.2, 0.25) is 5.02 Å². The molecule has 0 aliphatic carbocycles. The molecule has 0 saturated heterocycles. The van der Waals surface area contributed by atoms with E-state index in [0.29, 0.717) is 10.7 Å². The Kier molecular flexibility index (Phi) is 4.32. The fourth-order valence-corrected chi connectivity index (χ4v) is 3.13. The van der Waals surface area contributed by atoms with Crippen molar-refractivity contribution in [3.63, 3.8) is 0 Å². The van der Waals surface area contributed by atoms with E-state index in [1.54, 1.807) is 43.3 Å². The predicted molar refractivity (Wildman–Crippen MR) is 81.0 cm³/mol. The first-order valence-corrected chi connectivity index (χ1v) is 7.88. The maximum Gasteiger partial charge on any atom is 0.241 e. The van der Waals surface area contributed by atoms with Crippen molar-refractivity contribution in [2.24, 2.45) is 0 Å². The average Bonchev–Trinajstić information content (AvgIpc) is 2.39. The molecular formula is C14H15ClN2O2S. The van der Waals surface area contributed by atoms with Crippen LogP contribution in [0.3, 0.4) is 0 Å². The van der Waals surface area contributed by atoms with Gasteiger partial charge in [-0.1, -0.05) is 23.7 Å². The molecule has 6 heteroatoms. The highest BCUT2D eigenvalue weighted by Gasteiger charge is 2.18. The molecule has 0 spiro atoms. The van der Waals surface area contributed by atoms with Gasteiger partial charge in [-0.25, -0.2) is 13.1 Å². The van der Waals surface area contributed by atoms with Crippen molar-refractivity contribution in [2.75, 3.05) is 5.73 Å². The molecule has 0 unspecified atom stereocenters. The molecule has 2 rings (SSSR count). The van der Waals surface area contributed by atoms with Crippen LogP contribution in [0.25, 0.3) is 0 Å². The quantitative estimate of drug-likeness (QED) is 0.853. The lowest BCUT2D eigenvalue weighted by atomic mass is 10.1. The van der Waals surface area contributed by atoms with Crippen molar-refractivity contribution >= 4 is 27.3 Å². The summed E-state index contributed by atoms with van der Waals surface area (Å²) in [6.45, 7) is 1.78. The molecule has 106 valence electrons. The first-order valence-electron chi connectivity index (χ1n) is 6.02. The Hall–Kier alpha value is -1.56. The van der Waals surface area contributed by atoms with Gasteiger partial charge in [0, 0.05) is 16.8 Å². The summed E-state index contributed by atoms with van der Waals surface area (Å²) in [4.78, 5) is 0.188. The lowest BCUT2D eigenvalue weighted by Crippen LogP contribution is -2.26. The van der Waals surface area contributed by atoms with Gasteiger partial charge in [0.2, 0.25) is 10.0 Å². The predicted octanol–water partition coefficient (Wildman–Crippen LogP) is 2.96. The second kappa shape index (κ2) is 5.83. The summed E-state index contributed by atoms with van der Waals surface area (Å²) in [6, 6.07) is 12.8. The molecule has 0 aromatic heterocycles. The number of hydrogen-bond donors (Lipinski definition) is 2. The normalized spacial score (nSPS) is 13.1. The summed E-state index contributed by atoms with van der Waals surface area (Å²) in [7, 11) is -3.57. The topological polar surface area (TPSA) is 72.2 Å². The van der Waals surface area contributed by atoms with Crippen LogP contribution in [0.1, 0.15) is 18.5 Å². The van der Waals surface area contributed by atoms with Gasteiger partial charge >= 0.3 is 0 Å². The third kappa shape index (κ3) is 3.50. The third-order valence-electron chi connectivity index (χ3n) is 2.89. The second-order valence-electron chi connectivity index (χ2n) is 4.46. The molecule has 20 heavy (non-hydrogen) atoms. The summed E-state index contributed by atoms with van der Waals surface area (Å²) >= 11 is 5.81. The number of nitrogens with one attached hydrogen (secondary N) is 1. The van der Waals surface area contributed by atoms with Crippen LogP contribution in [-0.4, -0.2) is 8.42 Å². The largest absolute Gasteiger partial charge is 0.399 e. The lowest BCUT2D eigenvalue weighted by Gasteiger charge is -2.15. The molecule has 2 aromatic carbocycles. The molecule has 0 bridgehead atoms. The lowest BCUT2D eigenvalue weighted by molar-refractivity contribution is 0.567. The first-order chi connectivity index (χ1) is 9.38. The zero-order valence-electron chi connectivity index (χ0n) is 10.9. The van der Waals surface area contributed by atoms with Crippen LogP contribution in [0.5, 0.6) is 0 Å². The number of rotatable bonds is 4. The molecule has 0 heterocycles. The summed E-state index contributed by atoms with van der Waals surface area (Å²) in [5, 5.41) is 0.613. The number of sulfonamides is 1. The van der Waals surface area contributed by atoms with Gasteiger partial charge in [0.25, 0.3) is 0 Å². The van der Waals surface area contributed by atoms with Gasteiger partial charge in [0.1, 0.15) is 0 Å². The highest BCUT2D eigenvalue weighted by molar-refractivity contribution is 7.89. The van der Waals surface area contributed by atoms with Crippen LogP contribution in [-0.2, 0) is 10.0 Å². The van der Waals surface area contributed by atoms with Crippen molar-refractivity contribution in [1.29, 1.82) is 0 Å². The van der Waals surface area contributed by atoms with Crippen LogP contribution in [0.15, 0.2) is 53.4 Å². The average molecular weight is 311 g/mol. The van der Waals surface area contributed by atoms with Crippen LogP contribution >= 0.6 is 11.6 Å². The Labute approximate surface area is 123 Å². The van der Waals surface area contributed by atoms with Crippen LogP contribution in [0.4, 0.5) is 5.69 Å². The molecule has 0 aliphatic rings. The fraction of sp³-hybridized carbons (Fsp3) is 0.143. The molecule has 0 aliphatic heterocycles. The van der Waals surface area contributed by atoms with Gasteiger partial charge in [-0.3, -0.25) is 0 Å². The standard InChI is InChI=1S/C14H15ClN2O2S/c1-10(11-2-4-12(15)5-3-11)17-20(18,19)14-8-6-13(16)7-9-14/h2-10,17H,16H2,1H3/t10-/m1/s1. The monoisotopic (exact) mass is 310 g/mol. The van der Waals surface area contributed by atoms with Gasteiger partial charge in [0.05, 0.1) is 4.90 Å². The van der Waals surface area contributed by atoms with E-state index in [2.05, 4.69) is 4.72 Å². The Bertz CT molecular complexity index is 682. The van der Waals surface area contributed by atoms with Gasteiger partial charge in [-0.2, -0.15) is 0 Å². The number of hydrogen-bond acceptors (Lipinski definition) is 3. The van der Waals surface area contributed by atoms with E-state index in [0.717, 1.165) is 5.56 Å². The van der Waals surface area contributed by atoms with Gasteiger partial charge in [0.15, 0.2) is 0 Å². The maximum atomic E-state index is 12.2. The van der Waals surface area contributed by atoms with E-state index in [9.17, 15) is 8.42 Å². The van der Waals surface area contributed by atoms with Crippen molar-refractivity contribution in [3.8, 4) is 0 Å². The molecular weight excluding hydrogens is 296 g/mol. The smallest absolute Gasteiger partial charge is 0.241 e. The molecule has 1 atom stereocenters. The Balaban J connectivity index is 2.19. The Morgan fingerprint density at radius 2 is 1.60 bits per heavy atom. The van der Waals surface area contributed by atoms with E-state index >= 15 is 0 Å². The van der Waals surface area contributed by atoms with Gasteiger partial charge in [-0.05, 0) is 48.9 Å². The zero-order chi connectivity index (χ0) is 14.8. The number of nitrogens with two attached hydrogens (primary N) is 1. The maximum absolute atomic E-state index is 12.2. The van der Waals surface area contributed by atoms with E-state index in [4.69, 9.17) is 17.3 Å². The van der Waals surface area contributed by atoms with Crippen molar-refractivity contribution < 1.29 is 8.42 Å². The number of nitrogen functional groups attached to an aromatic ring is 1. The van der Waals surface area contributed by atoms with Crippen molar-refractivity contribution in [2.45, 2.75) is 17.9 Å². The molecule has 0 radical (unpaired) electrons. The molecule has 3 N–H and O–H groups in total. The number of halogens is 1. The van der Waals surface area contributed by atoms with Gasteiger partial charge in [-0.15, -0.1) is 0 Å². The molecule has 2 aromatic rings. The SMILES string of the molecule is C[C@@H](NS(=O)(=O)c1ccc(N)cc1)c1ccc(Cl)cc1. The fourth-order valence-electron chi connectivity index (χ4n) is 1.77. The summed E-state index contributed by atoms with van der Waals surface area (Å²) in [5.74, 6) is 0.